The smallest absolute Gasteiger partial charge is 0.327 e. The zero-order valence-electron chi connectivity index (χ0n) is 22.4. The van der Waals surface area contributed by atoms with Gasteiger partial charge in [-0.3, -0.25) is 5.32 Å². The fourth-order valence-corrected chi connectivity index (χ4v) is 7.20. The van der Waals surface area contributed by atoms with Crippen molar-refractivity contribution < 1.29 is 28.8 Å². The van der Waals surface area contributed by atoms with Crippen molar-refractivity contribution in [3.63, 3.8) is 0 Å². The maximum absolute atomic E-state index is 13.1. The van der Waals surface area contributed by atoms with Crippen LogP contribution in [0.15, 0.2) is 66.7 Å². The first kappa shape index (κ1) is 29.1. The monoisotopic (exact) mass is 569 g/mol. The van der Waals surface area contributed by atoms with Crippen LogP contribution >= 0.6 is 23.5 Å². The first-order valence-corrected chi connectivity index (χ1v) is 15.0. The van der Waals surface area contributed by atoms with E-state index < -0.39 is 18.1 Å². The number of hydrogen-bond acceptors (Lipinski definition) is 9. The van der Waals surface area contributed by atoms with Crippen molar-refractivity contribution in [3.05, 3.63) is 83.4 Å². The second-order valence-corrected chi connectivity index (χ2v) is 11.6. The molecule has 3 aromatic carbocycles. The fourth-order valence-electron chi connectivity index (χ4n) is 4.33. The standard InChI is InChI=1S/C30H35NO6S2/c1-4-36-29(33)28(31-25(19-32)20-9-6-5-7-10-20)22-15-23(34-2)18-24(16-22)37-27-17-21(11-12-26(27)35-3)30-38-13-8-14-39-30/h5-7,9-12,15-18,25,28,30-32H,4,8,13-14,19H2,1-3H3/t25-,28-/m0/s1. The van der Waals surface area contributed by atoms with Crippen LogP contribution in [0.5, 0.6) is 23.0 Å². The van der Waals surface area contributed by atoms with Crippen LogP contribution in [0.3, 0.4) is 0 Å². The Balaban J connectivity index is 1.68. The molecule has 0 amide bonds. The van der Waals surface area contributed by atoms with E-state index in [1.807, 2.05) is 66.0 Å². The molecule has 0 unspecified atom stereocenters. The Labute approximate surface area is 238 Å². The summed E-state index contributed by atoms with van der Waals surface area (Å²) in [5.41, 5.74) is 2.61. The predicted octanol–water partition coefficient (Wildman–Crippen LogP) is 6.29. The minimum absolute atomic E-state index is 0.200. The molecule has 0 saturated carbocycles. The first-order valence-electron chi connectivity index (χ1n) is 12.9. The fraction of sp³-hybridized carbons (Fsp3) is 0.367. The number of thioether (sulfide) groups is 2. The SMILES string of the molecule is CCOC(=O)[C@@H](N[C@@H](CO)c1ccccc1)c1cc(OC)cc(Oc2cc(C3SCCCS3)ccc2OC)c1. The van der Waals surface area contributed by atoms with Crippen molar-refractivity contribution in [3.8, 4) is 23.0 Å². The Kier molecular flexibility index (Phi) is 10.8. The molecule has 1 heterocycles. The number of nitrogens with one attached hydrogen (secondary N) is 1. The molecule has 3 aromatic rings. The molecule has 4 rings (SSSR count). The minimum atomic E-state index is -0.872. The van der Waals surface area contributed by atoms with Gasteiger partial charge in [0.05, 0.1) is 38.1 Å². The highest BCUT2D eigenvalue weighted by Crippen LogP contribution is 2.46. The summed E-state index contributed by atoms with van der Waals surface area (Å²) in [6, 6.07) is 19.5. The first-order chi connectivity index (χ1) is 19.1. The molecule has 208 valence electrons. The predicted molar refractivity (Wildman–Crippen MR) is 157 cm³/mol. The molecule has 2 N–H and O–H groups in total. The molecule has 0 spiro atoms. The van der Waals surface area contributed by atoms with Crippen LogP contribution in [0.1, 0.15) is 46.7 Å². The number of carbonyl (C=O) groups excluding carboxylic acids is 1. The van der Waals surface area contributed by atoms with E-state index >= 15 is 0 Å². The average Bonchev–Trinajstić information content (AvgIpc) is 2.98. The molecule has 1 aliphatic heterocycles. The Morgan fingerprint density at radius 3 is 2.36 bits per heavy atom. The highest BCUT2D eigenvalue weighted by Gasteiger charge is 2.27. The Bertz CT molecular complexity index is 1220. The molecule has 2 atom stereocenters. The van der Waals surface area contributed by atoms with Gasteiger partial charge in [-0.25, -0.2) is 4.79 Å². The van der Waals surface area contributed by atoms with Crippen molar-refractivity contribution in [2.24, 2.45) is 0 Å². The molecular weight excluding hydrogens is 534 g/mol. The highest BCUT2D eigenvalue weighted by atomic mass is 32.2. The van der Waals surface area contributed by atoms with Gasteiger partial charge in [0.1, 0.15) is 17.5 Å². The zero-order chi connectivity index (χ0) is 27.6. The second kappa shape index (κ2) is 14.5. The largest absolute Gasteiger partial charge is 0.497 e. The van der Waals surface area contributed by atoms with Crippen LogP contribution in [0.2, 0.25) is 0 Å². The molecule has 0 aliphatic carbocycles. The van der Waals surface area contributed by atoms with E-state index in [0.29, 0.717) is 33.1 Å². The number of aliphatic hydroxyl groups excluding tert-OH is 1. The third-order valence-corrected chi connectivity index (χ3v) is 9.28. The lowest BCUT2D eigenvalue weighted by atomic mass is 10.0. The molecule has 0 aromatic heterocycles. The molecule has 7 nitrogen and oxygen atoms in total. The summed E-state index contributed by atoms with van der Waals surface area (Å²) in [6.45, 7) is 1.78. The molecule has 0 radical (unpaired) electrons. The summed E-state index contributed by atoms with van der Waals surface area (Å²) in [4.78, 5) is 13.1. The van der Waals surface area contributed by atoms with E-state index in [1.54, 1.807) is 39.3 Å². The van der Waals surface area contributed by atoms with Gasteiger partial charge >= 0.3 is 5.97 Å². The van der Waals surface area contributed by atoms with Gasteiger partial charge in [-0.1, -0.05) is 36.4 Å². The number of benzene rings is 3. The van der Waals surface area contributed by atoms with E-state index in [9.17, 15) is 9.90 Å². The summed E-state index contributed by atoms with van der Waals surface area (Å²) in [5, 5.41) is 13.4. The third-order valence-electron chi connectivity index (χ3n) is 6.26. The van der Waals surface area contributed by atoms with Gasteiger partial charge in [0, 0.05) is 6.07 Å². The van der Waals surface area contributed by atoms with Crippen LogP contribution < -0.4 is 19.5 Å². The van der Waals surface area contributed by atoms with Gasteiger partial charge in [0.15, 0.2) is 11.5 Å². The van der Waals surface area contributed by atoms with Crippen LogP contribution in [0.4, 0.5) is 0 Å². The lowest BCUT2D eigenvalue weighted by Crippen LogP contribution is -2.35. The van der Waals surface area contributed by atoms with Gasteiger partial charge in [-0.05, 0) is 65.8 Å². The normalized spacial score (nSPS) is 15.3. The van der Waals surface area contributed by atoms with Crippen molar-refractivity contribution in [2.75, 3.05) is 38.9 Å². The number of hydrogen-bond donors (Lipinski definition) is 2. The van der Waals surface area contributed by atoms with Gasteiger partial charge in [0.25, 0.3) is 0 Å². The van der Waals surface area contributed by atoms with Crippen LogP contribution in [-0.4, -0.2) is 50.0 Å². The van der Waals surface area contributed by atoms with Crippen LogP contribution in [0.25, 0.3) is 0 Å². The maximum Gasteiger partial charge on any atom is 0.327 e. The van der Waals surface area contributed by atoms with Gasteiger partial charge in [-0.2, -0.15) is 0 Å². The summed E-state index contributed by atoms with van der Waals surface area (Å²) in [6.07, 6.45) is 1.22. The summed E-state index contributed by atoms with van der Waals surface area (Å²) >= 11 is 3.87. The van der Waals surface area contributed by atoms with Gasteiger partial charge in [0.2, 0.25) is 0 Å². The number of methoxy groups -OCH3 is 2. The van der Waals surface area contributed by atoms with Crippen molar-refractivity contribution in [1.29, 1.82) is 0 Å². The van der Waals surface area contributed by atoms with Gasteiger partial charge < -0.3 is 24.1 Å². The number of esters is 1. The number of rotatable bonds is 12. The molecule has 1 fully saturated rings. The number of aliphatic hydroxyl groups is 1. The van der Waals surface area contributed by atoms with Crippen molar-refractivity contribution >= 4 is 29.5 Å². The van der Waals surface area contributed by atoms with Crippen molar-refractivity contribution in [2.45, 2.75) is 30.0 Å². The Morgan fingerprint density at radius 1 is 0.949 bits per heavy atom. The molecule has 0 bridgehead atoms. The number of ether oxygens (including phenoxy) is 4. The summed E-state index contributed by atoms with van der Waals surface area (Å²) in [5.74, 6) is 4.01. The summed E-state index contributed by atoms with van der Waals surface area (Å²) in [7, 11) is 3.18. The lowest BCUT2D eigenvalue weighted by molar-refractivity contribution is -0.146. The topological polar surface area (TPSA) is 86.3 Å². The zero-order valence-corrected chi connectivity index (χ0v) is 24.1. The van der Waals surface area contributed by atoms with E-state index in [4.69, 9.17) is 18.9 Å². The maximum atomic E-state index is 13.1. The molecular formula is C30H35NO6S2. The Morgan fingerprint density at radius 2 is 1.69 bits per heavy atom. The lowest BCUT2D eigenvalue weighted by Gasteiger charge is -2.25. The average molecular weight is 570 g/mol. The van der Waals surface area contributed by atoms with Crippen molar-refractivity contribution in [1.82, 2.24) is 5.32 Å². The molecule has 1 saturated heterocycles. The minimum Gasteiger partial charge on any atom is -0.497 e. The molecule has 39 heavy (non-hydrogen) atoms. The Hall–Kier alpha value is -2.85. The van der Waals surface area contributed by atoms with E-state index in [1.165, 1.54) is 12.0 Å². The number of carbonyl (C=O) groups is 1. The van der Waals surface area contributed by atoms with Crippen LogP contribution in [-0.2, 0) is 9.53 Å². The van der Waals surface area contributed by atoms with Gasteiger partial charge in [-0.15, -0.1) is 23.5 Å². The quantitative estimate of drug-likeness (QED) is 0.244. The van der Waals surface area contributed by atoms with E-state index in [2.05, 4.69) is 11.4 Å². The van der Waals surface area contributed by atoms with Crippen LogP contribution in [0, 0.1) is 0 Å². The highest BCUT2D eigenvalue weighted by molar-refractivity contribution is 8.16. The van der Waals surface area contributed by atoms with E-state index in [0.717, 1.165) is 17.1 Å². The molecule has 9 heteroatoms. The second-order valence-electron chi connectivity index (χ2n) is 8.88. The third kappa shape index (κ3) is 7.63. The summed E-state index contributed by atoms with van der Waals surface area (Å²) < 4.78 is 23.3. The molecule has 1 aliphatic rings. The van der Waals surface area contributed by atoms with E-state index in [-0.39, 0.29) is 13.2 Å².